The second-order valence-electron chi connectivity index (χ2n) is 3.09. The minimum Gasteiger partial charge on any atom is -0.383 e. The van der Waals surface area contributed by atoms with E-state index in [0.29, 0.717) is 13.2 Å². The molecule has 0 aliphatic rings. The Balaban J connectivity index is 2.74. The van der Waals surface area contributed by atoms with E-state index in [1.54, 1.807) is 26.4 Å². The average molecular weight is 210 g/mol. The molecule has 1 amide bonds. The fraction of sp³-hybridized carbons (Fsp3) is 0.400. The van der Waals surface area contributed by atoms with Crippen molar-refractivity contribution in [3.63, 3.8) is 0 Å². The van der Waals surface area contributed by atoms with E-state index >= 15 is 0 Å². The number of nitrogens with one attached hydrogen (secondary N) is 1. The largest absolute Gasteiger partial charge is 0.383 e. The minimum absolute atomic E-state index is 0.149. The fourth-order valence-electron chi connectivity index (χ4n) is 1.13. The molecule has 0 aromatic carbocycles. The fourth-order valence-corrected chi connectivity index (χ4v) is 1.13. The van der Waals surface area contributed by atoms with Crippen molar-refractivity contribution >= 4 is 5.91 Å². The number of methoxy groups -OCH3 is 1. The predicted molar refractivity (Wildman–Crippen MR) is 55.9 cm³/mol. The summed E-state index contributed by atoms with van der Waals surface area (Å²) < 4.78 is 6.15. The van der Waals surface area contributed by atoms with Crippen LogP contribution in [0.3, 0.4) is 0 Å². The van der Waals surface area contributed by atoms with Gasteiger partial charge in [-0.3, -0.25) is 9.59 Å². The van der Waals surface area contributed by atoms with Gasteiger partial charge in [-0.05, 0) is 12.1 Å². The van der Waals surface area contributed by atoms with E-state index in [0.717, 1.165) is 0 Å². The van der Waals surface area contributed by atoms with Gasteiger partial charge in [0.25, 0.3) is 11.5 Å². The van der Waals surface area contributed by atoms with Crippen molar-refractivity contribution in [3.8, 4) is 0 Å². The Kier molecular flexibility index (Phi) is 4.05. The lowest BCUT2D eigenvalue weighted by molar-refractivity contribution is 0.0935. The number of hydrogen-bond acceptors (Lipinski definition) is 3. The van der Waals surface area contributed by atoms with Gasteiger partial charge in [-0.2, -0.15) is 0 Å². The molecule has 15 heavy (non-hydrogen) atoms. The molecule has 0 radical (unpaired) electrons. The van der Waals surface area contributed by atoms with Gasteiger partial charge in [-0.15, -0.1) is 0 Å². The molecule has 5 nitrogen and oxygen atoms in total. The van der Waals surface area contributed by atoms with Gasteiger partial charge >= 0.3 is 0 Å². The quantitative estimate of drug-likeness (QED) is 0.698. The molecular formula is C10H14N2O3. The maximum absolute atomic E-state index is 11.5. The molecule has 0 aliphatic heterocycles. The molecule has 0 saturated heterocycles. The molecule has 5 heteroatoms. The number of pyridine rings is 1. The smallest absolute Gasteiger partial charge is 0.263 e. The lowest BCUT2D eigenvalue weighted by Crippen LogP contribution is -2.33. The summed E-state index contributed by atoms with van der Waals surface area (Å²) in [4.78, 5) is 23.0. The molecule has 0 atom stereocenters. The Morgan fingerprint density at radius 3 is 3.00 bits per heavy atom. The highest BCUT2D eigenvalue weighted by Crippen LogP contribution is 1.90. The molecule has 82 valence electrons. The number of rotatable bonds is 4. The van der Waals surface area contributed by atoms with Gasteiger partial charge in [-0.1, -0.05) is 0 Å². The zero-order valence-corrected chi connectivity index (χ0v) is 8.82. The molecule has 1 aromatic rings. The molecule has 1 rings (SSSR count). The van der Waals surface area contributed by atoms with Gasteiger partial charge in [0.15, 0.2) is 0 Å². The molecule has 0 bridgehead atoms. The van der Waals surface area contributed by atoms with Crippen molar-refractivity contribution in [2.45, 2.75) is 0 Å². The summed E-state index contributed by atoms with van der Waals surface area (Å²) in [6.07, 6.45) is 1.61. The van der Waals surface area contributed by atoms with Crippen LogP contribution in [0.4, 0.5) is 0 Å². The highest BCUT2D eigenvalue weighted by Gasteiger charge is 2.09. The maximum atomic E-state index is 11.5. The van der Waals surface area contributed by atoms with Crippen molar-refractivity contribution in [3.05, 3.63) is 34.2 Å². The van der Waals surface area contributed by atoms with Crippen LogP contribution in [0, 0.1) is 0 Å². The molecule has 0 aliphatic carbocycles. The number of carbonyl (C=O) groups is 1. The van der Waals surface area contributed by atoms with Crippen LogP contribution < -0.4 is 10.9 Å². The van der Waals surface area contributed by atoms with E-state index in [-0.39, 0.29) is 17.0 Å². The summed E-state index contributed by atoms with van der Waals surface area (Å²) in [5, 5.41) is 2.59. The molecule has 0 spiro atoms. The molecule has 1 heterocycles. The first-order valence-electron chi connectivity index (χ1n) is 4.59. The van der Waals surface area contributed by atoms with E-state index in [9.17, 15) is 9.59 Å². The summed E-state index contributed by atoms with van der Waals surface area (Å²) in [6.45, 7) is 0.826. The van der Waals surface area contributed by atoms with E-state index in [1.807, 2.05) is 0 Å². The van der Waals surface area contributed by atoms with Crippen molar-refractivity contribution in [1.29, 1.82) is 0 Å². The van der Waals surface area contributed by atoms with Crippen LogP contribution in [0.5, 0.6) is 0 Å². The molecule has 1 N–H and O–H groups in total. The Morgan fingerprint density at radius 2 is 2.33 bits per heavy atom. The third kappa shape index (κ3) is 2.92. The zero-order valence-electron chi connectivity index (χ0n) is 8.82. The number of ether oxygens (including phenoxy) is 1. The van der Waals surface area contributed by atoms with E-state index in [2.05, 4.69) is 5.32 Å². The van der Waals surface area contributed by atoms with Crippen LogP contribution >= 0.6 is 0 Å². The standard InChI is InChI=1S/C10H14N2O3/c1-12-6-3-4-8(10(12)14)9(13)11-5-7-15-2/h3-4,6H,5,7H2,1-2H3,(H,11,13). The van der Waals surface area contributed by atoms with Crippen molar-refractivity contribution in [2.24, 2.45) is 7.05 Å². The molecule has 0 fully saturated rings. The van der Waals surface area contributed by atoms with Crippen LogP contribution in [0.15, 0.2) is 23.1 Å². The number of aryl methyl sites for hydroxylation is 1. The third-order valence-corrected chi connectivity index (χ3v) is 1.96. The summed E-state index contributed by atoms with van der Waals surface area (Å²) in [6, 6.07) is 3.16. The highest BCUT2D eigenvalue weighted by atomic mass is 16.5. The monoisotopic (exact) mass is 210 g/mol. The number of carbonyl (C=O) groups excluding carboxylic acids is 1. The number of hydrogen-bond donors (Lipinski definition) is 1. The van der Waals surface area contributed by atoms with Gasteiger partial charge in [0.05, 0.1) is 6.61 Å². The van der Waals surface area contributed by atoms with E-state index < -0.39 is 0 Å². The average Bonchev–Trinajstić information content (AvgIpc) is 2.22. The molecular weight excluding hydrogens is 196 g/mol. The van der Waals surface area contributed by atoms with Gasteiger partial charge in [0, 0.05) is 26.9 Å². The summed E-state index contributed by atoms with van der Waals surface area (Å²) in [5.74, 6) is -0.367. The predicted octanol–water partition coefficient (Wildman–Crippen LogP) is -0.239. The second kappa shape index (κ2) is 5.31. The summed E-state index contributed by atoms with van der Waals surface area (Å²) in [5.41, 5.74) is -0.150. The first-order chi connectivity index (χ1) is 7.16. The van der Waals surface area contributed by atoms with Gasteiger partial charge in [0.1, 0.15) is 5.56 Å². The maximum Gasteiger partial charge on any atom is 0.263 e. The van der Waals surface area contributed by atoms with Crippen molar-refractivity contribution in [2.75, 3.05) is 20.3 Å². The number of amides is 1. The first kappa shape index (κ1) is 11.5. The number of nitrogens with zero attached hydrogens (tertiary/aromatic N) is 1. The van der Waals surface area contributed by atoms with Gasteiger partial charge in [-0.25, -0.2) is 0 Å². The SMILES string of the molecule is COCCNC(=O)c1cccn(C)c1=O. The van der Waals surface area contributed by atoms with Gasteiger partial charge in [0.2, 0.25) is 0 Å². The first-order valence-corrected chi connectivity index (χ1v) is 4.59. The van der Waals surface area contributed by atoms with Gasteiger partial charge < -0.3 is 14.6 Å². The van der Waals surface area contributed by atoms with E-state index in [1.165, 1.54) is 10.6 Å². The third-order valence-electron chi connectivity index (χ3n) is 1.96. The Hall–Kier alpha value is -1.62. The van der Waals surface area contributed by atoms with Crippen LogP contribution in [0.2, 0.25) is 0 Å². The molecule has 0 saturated carbocycles. The minimum atomic E-state index is -0.367. The second-order valence-corrected chi connectivity index (χ2v) is 3.09. The zero-order chi connectivity index (χ0) is 11.3. The topological polar surface area (TPSA) is 60.3 Å². The van der Waals surface area contributed by atoms with Crippen molar-refractivity contribution in [1.82, 2.24) is 9.88 Å². The van der Waals surface area contributed by atoms with Crippen LogP contribution in [0.1, 0.15) is 10.4 Å². The Morgan fingerprint density at radius 1 is 1.60 bits per heavy atom. The van der Waals surface area contributed by atoms with Crippen LogP contribution in [-0.2, 0) is 11.8 Å². The lowest BCUT2D eigenvalue weighted by atomic mass is 10.2. The molecule has 0 unspecified atom stereocenters. The summed E-state index contributed by atoms with van der Waals surface area (Å²) in [7, 11) is 3.15. The molecule has 1 aromatic heterocycles. The number of aromatic nitrogens is 1. The normalized spacial score (nSPS) is 10.0. The summed E-state index contributed by atoms with van der Waals surface area (Å²) >= 11 is 0. The van der Waals surface area contributed by atoms with Crippen molar-refractivity contribution < 1.29 is 9.53 Å². The van der Waals surface area contributed by atoms with E-state index in [4.69, 9.17) is 4.74 Å². The van der Waals surface area contributed by atoms with Crippen LogP contribution in [0.25, 0.3) is 0 Å². The van der Waals surface area contributed by atoms with Crippen LogP contribution in [-0.4, -0.2) is 30.7 Å². The Bertz CT molecular complexity index is 398. The lowest BCUT2D eigenvalue weighted by Gasteiger charge is -2.04. The Labute approximate surface area is 87.7 Å². The highest BCUT2D eigenvalue weighted by molar-refractivity contribution is 5.93.